The van der Waals surface area contributed by atoms with Crippen LogP contribution in [0.4, 0.5) is 14.9 Å². The maximum atomic E-state index is 14.0. The van der Waals surface area contributed by atoms with Gasteiger partial charge in [-0.05, 0) is 35.4 Å². The Labute approximate surface area is 139 Å². The molecule has 1 aromatic heterocycles. The number of urea groups is 1. The van der Waals surface area contributed by atoms with Crippen LogP contribution in [0.5, 0.6) is 0 Å². The predicted octanol–water partition coefficient (Wildman–Crippen LogP) is 2.76. The molecular weight excluding hydrogens is 337 g/mol. The van der Waals surface area contributed by atoms with Gasteiger partial charge in [0.25, 0.3) is 11.6 Å². The first-order valence-corrected chi connectivity index (χ1v) is 7.87. The molecule has 0 saturated carbocycles. The zero-order valence-corrected chi connectivity index (χ0v) is 13.3. The molecule has 3 rings (SSSR count). The van der Waals surface area contributed by atoms with Crippen LogP contribution in [0.2, 0.25) is 0 Å². The molecule has 24 heavy (non-hydrogen) atoms. The number of benzene rings is 1. The van der Waals surface area contributed by atoms with Gasteiger partial charge in [0.1, 0.15) is 11.4 Å². The largest absolute Gasteiger partial charge is 0.325 e. The van der Waals surface area contributed by atoms with Crippen molar-refractivity contribution in [3.63, 3.8) is 0 Å². The minimum atomic E-state index is -1.20. The van der Waals surface area contributed by atoms with Crippen LogP contribution < -0.4 is 5.32 Å². The normalized spacial score (nSPS) is 20.3. The van der Waals surface area contributed by atoms with Gasteiger partial charge in [-0.25, -0.2) is 9.18 Å². The minimum absolute atomic E-state index is 0.0265. The van der Waals surface area contributed by atoms with E-state index in [2.05, 4.69) is 5.32 Å². The average Bonchev–Trinajstić information content (AvgIpc) is 3.13. The van der Waals surface area contributed by atoms with Crippen molar-refractivity contribution in [1.82, 2.24) is 10.2 Å². The number of rotatable bonds is 4. The summed E-state index contributed by atoms with van der Waals surface area (Å²) in [5, 5.41) is 16.8. The molecule has 9 heteroatoms. The molecule has 2 aromatic rings. The number of nitrogens with one attached hydrogen (secondary N) is 1. The maximum absolute atomic E-state index is 14.0. The Morgan fingerprint density at radius 1 is 1.38 bits per heavy atom. The molecule has 0 spiro atoms. The van der Waals surface area contributed by atoms with E-state index >= 15 is 0 Å². The fourth-order valence-corrected chi connectivity index (χ4v) is 3.30. The lowest BCUT2D eigenvalue weighted by atomic mass is 9.95. The van der Waals surface area contributed by atoms with Gasteiger partial charge in [-0.2, -0.15) is 11.3 Å². The molecule has 1 saturated heterocycles. The van der Waals surface area contributed by atoms with Gasteiger partial charge in [0.2, 0.25) is 0 Å². The smallest absolute Gasteiger partial charge is 0.319 e. The molecule has 1 aliphatic heterocycles. The van der Waals surface area contributed by atoms with Gasteiger partial charge in [-0.3, -0.25) is 19.8 Å². The molecular formula is C15H12FN3O4S. The third kappa shape index (κ3) is 2.52. The lowest BCUT2D eigenvalue weighted by molar-refractivity contribution is -0.385. The van der Waals surface area contributed by atoms with E-state index in [4.69, 9.17) is 0 Å². The highest BCUT2D eigenvalue weighted by Gasteiger charge is 2.49. The SMILES string of the molecule is CC1(c2ccsc2)NC(=O)N(Cc2ccc([N+](=O)[O-])cc2F)C1=O. The number of thiophene rings is 1. The number of hydrogen-bond donors (Lipinski definition) is 1. The van der Waals surface area contributed by atoms with Crippen LogP contribution in [0.15, 0.2) is 35.0 Å². The summed E-state index contributed by atoms with van der Waals surface area (Å²) in [6.07, 6.45) is 0. The van der Waals surface area contributed by atoms with E-state index in [0.29, 0.717) is 5.56 Å². The van der Waals surface area contributed by atoms with Crippen LogP contribution >= 0.6 is 11.3 Å². The molecule has 0 radical (unpaired) electrons. The average molecular weight is 349 g/mol. The fourth-order valence-electron chi connectivity index (χ4n) is 2.53. The molecule has 124 valence electrons. The summed E-state index contributed by atoms with van der Waals surface area (Å²) in [5.41, 5.74) is -0.915. The summed E-state index contributed by atoms with van der Waals surface area (Å²) in [7, 11) is 0. The van der Waals surface area contributed by atoms with Crippen LogP contribution in [0.1, 0.15) is 18.1 Å². The van der Waals surface area contributed by atoms with Gasteiger partial charge in [-0.1, -0.05) is 0 Å². The lowest BCUT2D eigenvalue weighted by Crippen LogP contribution is -2.40. The molecule has 1 unspecified atom stereocenters. The van der Waals surface area contributed by atoms with Gasteiger partial charge < -0.3 is 5.32 Å². The van der Waals surface area contributed by atoms with Crippen LogP contribution in [-0.2, 0) is 16.9 Å². The number of nitro groups is 1. The van der Waals surface area contributed by atoms with E-state index in [1.54, 1.807) is 23.8 Å². The van der Waals surface area contributed by atoms with Gasteiger partial charge in [0.05, 0.1) is 17.5 Å². The summed E-state index contributed by atoms with van der Waals surface area (Å²) in [4.78, 5) is 35.6. The summed E-state index contributed by atoms with van der Waals surface area (Å²) < 4.78 is 14.0. The number of halogens is 1. The number of hydrogen-bond acceptors (Lipinski definition) is 5. The van der Waals surface area contributed by atoms with Crippen LogP contribution in [-0.4, -0.2) is 21.8 Å². The second kappa shape index (κ2) is 5.68. The zero-order valence-electron chi connectivity index (χ0n) is 12.5. The second-order valence-electron chi connectivity index (χ2n) is 5.49. The standard InChI is InChI=1S/C15H12FN3O4S/c1-15(10-4-5-24-8-10)13(20)18(14(21)17-15)7-9-2-3-11(19(22)23)6-12(9)16/h2-6,8H,7H2,1H3,(H,17,21). The second-order valence-corrected chi connectivity index (χ2v) is 6.27. The zero-order chi connectivity index (χ0) is 17.5. The van der Waals surface area contributed by atoms with Gasteiger partial charge >= 0.3 is 6.03 Å². The summed E-state index contributed by atoms with van der Waals surface area (Å²) in [6.45, 7) is 1.29. The molecule has 3 amide bonds. The Balaban J connectivity index is 1.87. The van der Waals surface area contributed by atoms with E-state index in [0.717, 1.165) is 17.0 Å². The number of imide groups is 1. The summed E-state index contributed by atoms with van der Waals surface area (Å²) >= 11 is 1.39. The van der Waals surface area contributed by atoms with Crippen molar-refractivity contribution in [2.45, 2.75) is 19.0 Å². The van der Waals surface area contributed by atoms with Crippen LogP contribution in [0.3, 0.4) is 0 Å². The quantitative estimate of drug-likeness (QED) is 0.522. The molecule has 7 nitrogen and oxygen atoms in total. The molecule has 1 aliphatic rings. The Bertz CT molecular complexity index is 839. The lowest BCUT2D eigenvalue weighted by Gasteiger charge is -2.20. The van der Waals surface area contributed by atoms with E-state index in [1.807, 2.05) is 0 Å². The first kappa shape index (κ1) is 16.1. The van der Waals surface area contributed by atoms with Crippen molar-refractivity contribution in [3.05, 3.63) is 62.1 Å². The molecule has 1 aromatic carbocycles. The monoisotopic (exact) mass is 349 g/mol. The maximum Gasteiger partial charge on any atom is 0.325 e. The summed E-state index contributed by atoms with van der Waals surface area (Å²) in [6, 6.07) is 4.21. The van der Waals surface area contributed by atoms with Crippen molar-refractivity contribution in [2.24, 2.45) is 0 Å². The molecule has 0 aliphatic carbocycles. The van der Waals surface area contributed by atoms with Crippen molar-refractivity contribution in [1.29, 1.82) is 0 Å². The predicted molar refractivity (Wildman–Crippen MR) is 83.8 cm³/mol. The van der Waals surface area contributed by atoms with Gasteiger partial charge in [-0.15, -0.1) is 0 Å². The van der Waals surface area contributed by atoms with Crippen molar-refractivity contribution >= 4 is 29.0 Å². The molecule has 0 bridgehead atoms. The molecule has 2 heterocycles. The number of carbonyl (C=O) groups is 2. The van der Waals surface area contributed by atoms with Gasteiger partial charge in [0, 0.05) is 11.6 Å². The van der Waals surface area contributed by atoms with E-state index < -0.39 is 33.9 Å². The van der Waals surface area contributed by atoms with Crippen LogP contribution in [0.25, 0.3) is 0 Å². The van der Waals surface area contributed by atoms with Crippen molar-refractivity contribution < 1.29 is 18.9 Å². The minimum Gasteiger partial charge on any atom is -0.319 e. The fraction of sp³-hybridized carbons (Fsp3) is 0.200. The Kier molecular flexibility index (Phi) is 3.80. The molecule has 1 atom stereocenters. The Hall–Kier alpha value is -2.81. The molecule has 1 fully saturated rings. The van der Waals surface area contributed by atoms with Crippen molar-refractivity contribution in [2.75, 3.05) is 0 Å². The highest BCUT2D eigenvalue weighted by molar-refractivity contribution is 7.08. The number of amides is 3. The van der Waals surface area contributed by atoms with E-state index in [9.17, 15) is 24.1 Å². The van der Waals surface area contributed by atoms with Gasteiger partial charge in [0.15, 0.2) is 0 Å². The first-order valence-electron chi connectivity index (χ1n) is 6.92. The highest BCUT2D eigenvalue weighted by atomic mass is 32.1. The summed E-state index contributed by atoms with van der Waals surface area (Å²) in [5.74, 6) is -1.34. The highest BCUT2D eigenvalue weighted by Crippen LogP contribution is 2.31. The third-order valence-electron chi connectivity index (χ3n) is 3.95. The van der Waals surface area contributed by atoms with Crippen molar-refractivity contribution in [3.8, 4) is 0 Å². The number of nitrogens with zero attached hydrogens (tertiary/aromatic N) is 2. The number of carbonyl (C=O) groups excluding carboxylic acids is 2. The van der Waals surface area contributed by atoms with Crippen LogP contribution in [0, 0.1) is 15.9 Å². The Morgan fingerprint density at radius 2 is 2.12 bits per heavy atom. The molecule has 1 N–H and O–H groups in total. The van der Waals surface area contributed by atoms with E-state index in [-0.39, 0.29) is 12.1 Å². The Morgan fingerprint density at radius 3 is 2.71 bits per heavy atom. The topological polar surface area (TPSA) is 92.6 Å². The number of nitro benzene ring substituents is 1. The van der Waals surface area contributed by atoms with E-state index in [1.165, 1.54) is 17.4 Å². The number of non-ortho nitro benzene ring substituents is 1. The first-order chi connectivity index (χ1) is 11.3. The third-order valence-corrected chi connectivity index (χ3v) is 4.63.